The molecule has 0 radical (unpaired) electrons. The Morgan fingerprint density at radius 1 is 1.11 bits per heavy atom. The smallest absolute Gasteiger partial charge is 0.161 e. The van der Waals surface area contributed by atoms with Gasteiger partial charge in [0, 0.05) is 12.5 Å². The molecule has 1 fully saturated rings. The van der Waals surface area contributed by atoms with E-state index in [9.17, 15) is 0 Å². The highest BCUT2D eigenvalue weighted by Crippen LogP contribution is 2.32. The van der Waals surface area contributed by atoms with Crippen LogP contribution in [0, 0.1) is 0 Å². The monoisotopic (exact) mass is 249 g/mol. The molecule has 0 saturated carbocycles. The number of fused-ring (bicyclic) bond motifs is 1. The standard InChI is InChI=1S/C14H19NO3/c1-10-8-16-9-12(15-10)11-3-4-13-14(7-11)18-6-2-5-17-13/h3-4,7,10,12,15H,2,5-6,8-9H2,1H3. The van der Waals surface area contributed by atoms with Crippen molar-refractivity contribution in [2.45, 2.75) is 25.4 Å². The molecule has 0 bridgehead atoms. The van der Waals surface area contributed by atoms with Crippen LogP contribution in [0.3, 0.4) is 0 Å². The van der Waals surface area contributed by atoms with E-state index in [1.807, 2.05) is 6.07 Å². The van der Waals surface area contributed by atoms with Crippen LogP contribution in [0.1, 0.15) is 24.9 Å². The number of hydrogen-bond acceptors (Lipinski definition) is 4. The molecule has 0 aliphatic carbocycles. The first kappa shape index (κ1) is 11.8. The second-order valence-electron chi connectivity index (χ2n) is 4.91. The summed E-state index contributed by atoms with van der Waals surface area (Å²) in [6, 6.07) is 6.79. The van der Waals surface area contributed by atoms with Crippen LogP contribution in [-0.2, 0) is 4.74 Å². The molecular formula is C14H19NO3. The van der Waals surface area contributed by atoms with Crippen LogP contribution in [0.2, 0.25) is 0 Å². The van der Waals surface area contributed by atoms with Gasteiger partial charge in [0.2, 0.25) is 0 Å². The van der Waals surface area contributed by atoms with Crippen LogP contribution >= 0.6 is 0 Å². The number of ether oxygens (including phenoxy) is 3. The van der Waals surface area contributed by atoms with E-state index in [4.69, 9.17) is 14.2 Å². The molecule has 0 amide bonds. The third-order valence-corrected chi connectivity index (χ3v) is 3.31. The lowest BCUT2D eigenvalue weighted by Crippen LogP contribution is -2.41. The van der Waals surface area contributed by atoms with Gasteiger partial charge in [-0.2, -0.15) is 0 Å². The number of benzene rings is 1. The highest BCUT2D eigenvalue weighted by atomic mass is 16.5. The lowest BCUT2D eigenvalue weighted by Gasteiger charge is -2.29. The van der Waals surface area contributed by atoms with E-state index in [-0.39, 0.29) is 6.04 Å². The van der Waals surface area contributed by atoms with Gasteiger partial charge in [-0.3, -0.25) is 0 Å². The lowest BCUT2D eigenvalue weighted by atomic mass is 10.0. The van der Waals surface area contributed by atoms with Crippen LogP contribution in [0.5, 0.6) is 11.5 Å². The molecule has 3 rings (SSSR count). The van der Waals surface area contributed by atoms with Crippen molar-refractivity contribution < 1.29 is 14.2 Å². The molecule has 18 heavy (non-hydrogen) atoms. The zero-order valence-electron chi connectivity index (χ0n) is 10.6. The van der Waals surface area contributed by atoms with Gasteiger partial charge in [-0.1, -0.05) is 6.07 Å². The lowest BCUT2D eigenvalue weighted by molar-refractivity contribution is 0.0503. The minimum atomic E-state index is 0.242. The third kappa shape index (κ3) is 2.44. The molecule has 1 saturated heterocycles. The average molecular weight is 249 g/mol. The quantitative estimate of drug-likeness (QED) is 0.825. The molecule has 2 aliphatic rings. The largest absolute Gasteiger partial charge is 0.490 e. The van der Waals surface area contributed by atoms with Gasteiger partial charge < -0.3 is 19.5 Å². The summed E-state index contributed by atoms with van der Waals surface area (Å²) in [6.07, 6.45) is 0.936. The molecule has 4 nitrogen and oxygen atoms in total. The zero-order valence-corrected chi connectivity index (χ0v) is 10.6. The maximum absolute atomic E-state index is 5.71. The average Bonchev–Trinajstić information content (AvgIpc) is 2.63. The Morgan fingerprint density at radius 3 is 2.78 bits per heavy atom. The highest BCUT2D eigenvalue weighted by molar-refractivity contribution is 5.44. The Balaban J connectivity index is 1.82. The van der Waals surface area contributed by atoms with E-state index >= 15 is 0 Å². The summed E-state index contributed by atoms with van der Waals surface area (Å²) in [5.74, 6) is 1.70. The maximum atomic E-state index is 5.71. The fourth-order valence-electron chi connectivity index (χ4n) is 2.39. The number of hydrogen-bond donors (Lipinski definition) is 1. The molecule has 4 heteroatoms. The van der Waals surface area contributed by atoms with Crippen molar-refractivity contribution in [3.05, 3.63) is 23.8 Å². The van der Waals surface area contributed by atoms with Gasteiger partial charge in [-0.15, -0.1) is 0 Å². The summed E-state index contributed by atoms with van der Waals surface area (Å²) in [5.41, 5.74) is 1.20. The van der Waals surface area contributed by atoms with E-state index in [2.05, 4.69) is 24.4 Å². The first-order valence-corrected chi connectivity index (χ1v) is 6.56. The van der Waals surface area contributed by atoms with Crippen molar-refractivity contribution in [3.8, 4) is 11.5 Å². The Bertz CT molecular complexity index is 422. The summed E-state index contributed by atoms with van der Waals surface area (Å²) < 4.78 is 16.9. The normalized spacial score (nSPS) is 27.6. The first-order valence-electron chi connectivity index (χ1n) is 6.56. The molecule has 0 spiro atoms. The topological polar surface area (TPSA) is 39.7 Å². The highest BCUT2D eigenvalue weighted by Gasteiger charge is 2.21. The molecule has 0 aromatic heterocycles. The van der Waals surface area contributed by atoms with Gasteiger partial charge in [0.05, 0.1) is 32.5 Å². The van der Waals surface area contributed by atoms with Crippen LogP contribution in [0.15, 0.2) is 18.2 Å². The second kappa shape index (κ2) is 5.16. The number of rotatable bonds is 1. The molecule has 2 unspecified atom stereocenters. The van der Waals surface area contributed by atoms with Crippen molar-refractivity contribution in [2.24, 2.45) is 0 Å². The Labute approximate surface area is 107 Å². The van der Waals surface area contributed by atoms with E-state index < -0.39 is 0 Å². The fraction of sp³-hybridized carbons (Fsp3) is 0.571. The van der Waals surface area contributed by atoms with Crippen LogP contribution in [-0.4, -0.2) is 32.5 Å². The Kier molecular flexibility index (Phi) is 3.39. The molecule has 1 aromatic carbocycles. The van der Waals surface area contributed by atoms with Gasteiger partial charge >= 0.3 is 0 Å². The SMILES string of the molecule is CC1COCC(c2ccc3c(c2)OCCCO3)N1. The minimum absolute atomic E-state index is 0.242. The molecule has 1 aromatic rings. The van der Waals surface area contributed by atoms with Crippen molar-refractivity contribution in [2.75, 3.05) is 26.4 Å². The summed E-state index contributed by atoms with van der Waals surface area (Å²) in [6.45, 7) is 5.08. The van der Waals surface area contributed by atoms with Crippen molar-refractivity contribution in [1.82, 2.24) is 5.32 Å². The van der Waals surface area contributed by atoms with Gasteiger partial charge in [-0.25, -0.2) is 0 Å². The maximum Gasteiger partial charge on any atom is 0.161 e. The Hall–Kier alpha value is -1.26. The molecule has 2 aliphatic heterocycles. The van der Waals surface area contributed by atoms with E-state index in [0.29, 0.717) is 12.6 Å². The van der Waals surface area contributed by atoms with Gasteiger partial charge in [0.1, 0.15) is 0 Å². The van der Waals surface area contributed by atoms with Crippen molar-refractivity contribution in [1.29, 1.82) is 0 Å². The summed E-state index contributed by atoms with van der Waals surface area (Å²) in [4.78, 5) is 0. The van der Waals surface area contributed by atoms with Crippen LogP contribution in [0.25, 0.3) is 0 Å². The zero-order chi connectivity index (χ0) is 12.4. The van der Waals surface area contributed by atoms with Crippen LogP contribution in [0.4, 0.5) is 0 Å². The Morgan fingerprint density at radius 2 is 1.94 bits per heavy atom. The summed E-state index contributed by atoms with van der Waals surface area (Å²) in [7, 11) is 0. The minimum Gasteiger partial charge on any atom is -0.490 e. The third-order valence-electron chi connectivity index (χ3n) is 3.31. The first-order chi connectivity index (χ1) is 8.83. The van der Waals surface area contributed by atoms with Crippen molar-refractivity contribution in [3.63, 3.8) is 0 Å². The molecule has 98 valence electrons. The molecule has 2 atom stereocenters. The summed E-state index contributed by atoms with van der Waals surface area (Å²) >= 11 is 0. The van der Waals surface area contributed by atoms with Crippen LogP contribution < -0.4 is 14.8 Å². The van der Waals surface area contributed by atoms with E-state index in [0.717, 1.165) is 37.7 Å². The van der Waals surface area contributed by atoms with Gasteiger partial charge in [0.25, 0.3) is 0 Å². The predicted molar refractivity (Wildman–Crippen MR) is 68.2 cm³/mol. The van der Waals surface area contributed by atoms with Gasteiger partial charge in [0.15, 0.2) is 11.5 Å². The van der Waals surface area contributed by atoms with E-state index in [1.165, 1.54) is 5.56 Å². The number of nitrogens with one attached hydrogen (secondary N) is 1. The van der Waals surface area contributed by atoms with Gasteiger partial charge in [-0.05, 0) is 24.6 Å². The molecular weight excluding hydrogens is 230 g/mol. The van der Waals surface area contributed by atoms with E-state index in [1.54, 1.807) is 0 Å². The van der Waals surface area contributed by atoms with Crippen molar-refractivity contribution >= 4 is 0 Å². The summed E-state index contributed by atoms with van der Waals surface area (Å²) in [5, 5.41) is 3.53. The fourth-order valence-corrected chi connectivity index (χ4v) is 2.39. The molecule has 2 heterocycles. The predicted octanol–water partition coefficient (Wildman–Crippen LogP) is 1.90. The number of morpholine rings is 1. The second-order valence-corrected chi connectivity index (χ2v) is 4.91. The molecule has 1 N–H and O–H groups in total.